The maximum Gasteiger partial charge on any atom is 0.246 e. The second kappa shape index (κ2) is 16.7. The second-order valence-electron chi connectivity index (χ2n) is 13.6. The van der Waals surface area contributed by atoms with E-state index in [1.165, 1.54) is 11.3 Å². The number of rotatable bonds is 15. The minimum atomic E-state index is -0.811. The highest BCUT2D eigenvalue weighted by molar-refractivity contribution is 5.95. The zero-order valence-electron chi connectivity index (χ0n) is 29.0. The lowest BCUT2D eigenvalue weighted by Crippen LogP contribution is -2.56. The van der Waals surface area contributed by atoms with E-state index in [1.54, 1.807) is 25.1 Å². The van der Waals surface area contributed by atoms with Crippen LogP contribution >= 0.6 is 0 Å². The van der Waals surface area contributed by atoms with Gasteiger partial charge in [0.05, 0.1) is 0 Å². The quantitative estimate of drug-likeness (QED) is 0.233. The van der Waals surface area contributed by atoms with E-state index in [-0.39, 0.29) is 23.3 Å². The first-order chi connectivity index (χ1) is 22.5. The van der Waals surface area contributed by atoms with E-state index in [2.05, 4.69) is 48.6 Å². The van der Waals surface area contributed by atoms with Crippen LogP contribution in [0.2, 0.25) is 0 Å². The van der Waals surface area contributed by atoms with Gasteiger partial charge in [0, 0.05) is 45.1 Å². The second-order valence-corrected chi connectivity index (χ2v) is 13.6. The molecule has 0 aliphatic carbocycles. The topological polar surface area (TPSA) is 85.0 Å². The molecule has 1 unspecified atom stereocenters. The van der Waals surface area contributed by atoms with E-state index >= 15 is 0 Å². The first kappa shape index (κ1) is 35.8. The van der Waals surface area contributed by atoms with Crippen molar-refractivity contribution in [3.8, 4) is 0 Å². The third-order valence-corrected chi connectivity index (χ3v) is 9.75. The van der Waals surface area contributed by atoms with Crippen molar-refractivity contribution in [2.75, 3.05) is 41.3 Å². The lowest BCUT2D eigenvalue weighted by atomic mass is 9.98. The molecule has 3 aromatic carbocycles. The first-order valence-electron chi connectivity index (χ1n) is 16.9. The number of benzene rings is 3. The van der Waals surface area contributed by atoms with Crippen molar-refractivity contribution in [3.05, 3.63) is 96.1 Å². The Morgan fingerprint density at radius 1 is 0.915 bits per heavy atom. The Labute approximate surface area is 281 Å². The molecule has 8 nitrogen and oxygen atoms in total. The summed E-state index contributed by atoms with van der Waals surface area (Å²) in [7, 11) is 7.40. The fourth-order valence-electron chi connectivity index (χ4n) is 6.26. The predicted octanol–water partition coefficient (Wildman–Crippen LogP) is 4.82. The molecule has 0 radical (unpaired) electrons. The monoisotopic (exact) mass is 639 g/mol. The number of amides is 3. The van der Waals surface area contributed by atoms with Gasteiger partial charge in [-0.1, -0.05) is 78.9 Å². The molecule has 2 N–H and O–H groups in total. The highest BCUT2D eigenvalue weighted by atomic mass is 16.2. The van der Waals surface area contributed by atoms with Crippen molar-refractivity contribution >= 4 is 28.5 Å². The zero-order valence-corrected chi connectivity index (χ0v) is 29.0. The highest BCUT2D eigenvalue weighted by Crippen LogP contribution is 2.21. The van der Waals surface area contributed by atoms with E-state index in [1.807, 2.05) is 73.8 Å². The average Bonchev–Trinajstić information content (AvgIpc) is 3.49. The molecule has 1 aliphatic heterocycles. The van der Waals surface area contributed by atoms with E-state index in [9.17, 15) is 14.4 Å². The summed E-state index contributed by atoms with van der Waals surface area (Å²) in [6, 6.07) is 22.9. The van der Waals surface area contributed by atoms with Crippen LogP contribution in [0.15, 0.2) is 84.9 Å². The molecule has 8 heteroatoms. The normalized spacial score (nSPS) is 16.7. The van der Waals surface area contributed by atoms with Crippen LogP contribution in [0.25, 0.3) is 10.8 Å². The number of hydrogen-bond donors (Lipinski definition) is 2. The van der Waals surface area contributed by atoms with Gasteiger partial charge in [-0.3, -0.25) is 14.4 Å². The first-order valence-corrected chi connectivity index (χ1v) is 16.9. The van der Waals surface area contributed by atoms with Gasteiger partial charge in [0.1, 0.15) is 12.1 Å². The number of nitrogens with zero attached hydrogens (tertiary/aromatic N) is 3. The molecule has 0 aromatic heterocycles. The van der Waals surface area contributed by atoms with Gasteiger partial charge >= 0.3 is 0 Å². The molecule has 0 saturated carbocycles. The van der Waals surface area contributed by atoms with Crippen LogP contribution in [0.1, 0.15) is 50.7 Å². The standard InChI is InChI=1S/C39H53N5O3/c1-39(2,40-3)23-12-19-36(45)43(5)35(28-30-20-21-31-16-10-11-17-32(31)26-30)38(47)44(6)34(27-29-14-8-7-9-15-29)37(46)41-24-22-33-18-13-25-42(33)4/h7-12,14-17,19-21,26,33-35,40H,13,18,22-25,27-28H2,1-6H3,(H,41,46)/b19-12+/t33?,34-,35-/m1/s1. The lowest BCUT2D eigenvalue weighted by Gasteiger charge is -2.34. The van der Waals surface area contributed by atoms with Gasteiger partial charge in [-0.15, -0.1) is 0 Å². The number of hydrogen-bond acceptors (Lipinski definition) is 5. The number of nitrogens with one attached hydrogen (secondary N) is 2. The molecule has 0 bridgehead atoms. The summed E-state index contributed by atoms with van der Waals surface area (Å²) in [5.74, 6) is -0.711. The Hall–Kier alpha value is -4.01. The number of likely N-dealkylation sites (tertiary alicyclic amines) is 1. The molecule has 3 atom stereocenters. The molecule has 3 aromatic rings. The molecule has 1 fully saturated rings. The summed E-state index contributed by atoms with van der Waals surface area (Å²) < 4.78 is 0. The van der Waals surface area contributed by atoms with Crippen molar-refractivity contribution in [1.29, 1.82) is 0 Å². The smallest absolute Gasteiger partial charge is 0.246 e. The Bertz CT molecular complexity index is 1520. The van der Waals surface area contributed by atoms with Crippen LogP contribution in [0.3, 0.4) is 0 Å². The fourth-order valence-corrected chi connectivity index (χ4v) is 6.26. The number of carbonyl (C=O) groups excluding carboxylic acids is 3. The summed E-state index contributed by atoms with van der Waals surface area (Å²) in [4.78, 5) is 47.3. The number of likely N-dealkylation sites (N-methyl/N-ethyl adjacent to an activating group) is 2. The van der Waals surface area contributed by atoms with Crippen LogP contribution in [0, 0.1) is 0 Å². The van der Waals surface area contributed by atoms with Crippen molar-refractivity contribution < 1.29 is 14.4 Å². The fraction of sp³-hybridized carbons (Fsp3) is 0.462. The Morgan fingerprint density at radius 2 is 1.60 bits per heavy atom. The maximum absolute atomic E-state index is 14.5. The van der Waals surface area contributed by atoms with Crippen LogP contribution in [-0.2, 0) is 27.2 Å². The largest absolute Gasteiger partial charge is 0.354 e. The molecule has 3 amide bonds. The zero-order chi connectivity index (χ0) is 34.0. The Balaban J connectivity index is 1.59. The minimum absolute atomic E-state index is 0.166. The lowest BCUT2D eigenvalue weighted by molar-refractivity contribution is -0.146. The third kappa shape index (κ3) is 9.99. The molecule has 47 heavy (non-hydrogen) atoms. The van der Waals surface area contributed by atoms with Crippen LogP contribution in [0.4, 0.5) is 0 Å². The summed E-state index contributed by atoms with van der Waals surface area (Å²) in [5.41, 5.74) is 1.75. The molecular weight excluding hydrogens is 586 g/mol. The molecule has 1 saturated heterocycles. The number of fused-ring (bicyclic) bond motifs is 1. The van der Waals surface area contributed by atoms with Crippen molar-refractivity contribution in [3.63, 3.8) is 0 Å². The molecular formula is C39H53N5O3. The predicted molar refractivity (Wildman–Crippen MR) is 191 cm³/mol. The maximum atomic E-state index is 14.5. The van der Waals surface area contributed by atoms with Gasteiger partial charge in [-0.2, -0.15) is 0 Å². The summed E-state index contributed by atoms with van der Waals surface area (Å²) in [6.07, 6.45) is 7.93. The molecule has 1 aliphatic rings. The third-order valence-electron chi connectivity index (χ3n) is 9.75. The Kier molecular flexibility index (Phi) is 12.7. The van der Waals surface area contributed by atoms with Gasteiger partial charge in [0.25, 0.3) is 0 Å². The highest BCUT2D eigenvalue weighted by Gasteiger charge is 2.35. The molecule has 252 valence electrons. The van der Waals surface area contributed by atoms with Crippen molar-refractivity contribution in [1.82, 2.24) is 25.3 Å². The van der Waals surface area contributed by atoms with E-state index in [4.69, 9.17) is 0 Å². The van der Waals surface area contributed by atoms with Gasteiger partial charge in [0.15, 0.2) is 0 Å². The summed E-state index contributed by atoms with van der Waals surface area (Å²) >= 11 is 0. The summed E-state index contributed by atoms with van der Waals surface area (Å²) in [6.45, 7) is 5.76. The minimum Gasteiger partial charge on any atom is -0.354 e. The molecule has 1 heterocycles. The van der Waals surface area contributed by atoms with Gasteiger partial charge < -0.3 is 25.3 Å². The van der Waals surface area contributed by atoms with Gasteiger partial charge in [-0.25, -0.2) is 0 Å². The van der Waals surface area contributed by atoms with Gasteiger partial charge in [0.2, 0.25) is 17.7 Å². The van der Waals surface area contributed by atoms with Crippen molar-refractivity contribution in [2.45, 2.75) is 76.0 Å². The molecule has 4 rings (SSSR count). The van der Waals surface area contributed by atoms with E-state index in [0.717, 1.165) is 41.3 Å². The Morgan fingerprint density at radius 3 is 2.28 bits per heavy atom. The van der Waals surface area contributed by atoms with Crippen LogP contribution in [-0.4, -0.2) is 97.4 Å². The van der Waals surface area contributed by atoms with Crippen LogP contribution < -0.4 is 10.6 Å². The molecule has 0 spiro atoms. The van der Waals surface area contributed by atoms with Crippen LogP contribution in [0.5, 0.6) is 0 Å². The number of carbonyl (C=O) groups is 3. The summed E-state index contributed by atoms with van der Waals surface area (Å²) in [5, 5.41) is 8.56. The van der Waals surface area contributed by atoms with Crippen molar-refractivity contribution in [2.24, 2.45) is 0 Å². The van der Waals surface area contributed by atoms with Gasteiger partial charge in [-0.05, 0) is 88.1 Å². The average molecular weight is 640 g/mol. The van der Waals surface area contributed by atoms with E-state index < -0.39 is 12.1 Å². The van der Waals surface area contributed by atoms with E-state index in [0.29, 0.717) is 31.8 Å². The SMILES string of the molecule is CNC(C)(C)C/C=C/C(=O)N(C)[C@H](Cc1ccc2ccccc2c1)C(=O)N(C)[C@H](Cc1ccccc1)C(=O)NCCC1CCCN1C.